The molecule has 42 heteroatoms. The van der Waals surface area contributed by atoms with Gasteiger partial charge >= 0.3 is 61.0 Å². The topological polar surface area (TPSA) is 582 Å². The zero-order valence-corrected chi connectivity index (χ0v) is 88.7. The zero-order valence-electron chi connectivity index (χ0n) is 87.1. The summed E-state index contributed by atoms with van der Waals surface area (Å²) < 4.78 is 67.2. The number of carbonyl (C=O) groups excluding carboxylic acids is 7. The van der Waals surface area contributed by atoms with Crippen LogP contribution in [-0.2, 0) is 98.2 Å². The minimum atomic E-state index is -0.915. The first kappa shape index (κ1) is 122. The van der Waals surface area contributed by atoms with Crippen LogP contribution in [-0.4, -0.2) is 160 Å². The number of nitriles is 2. The molecule has 150 heavy (non-hydrogen) atoms. The van der Waals surface area contributed by atoms with E-state index in [9.17, 15) is 38.4 Å². The molecule has 0 unspecified atom stereocenters. The fourth-order valence-electron chi connectivity index (χ4n) is 14.1. The smallest absolute Gasteiger partial charge is 0.870 e. The number of ether oxygens (including phenoxy) is 11. The predicted molar refractivity (Wildman–Crippen MR) is 564 cm³/mol. The molecule has 15 aromatic rings. The predicted octanol–water partition coefficient (Wildman–Crippen LogP) is 16.4. The molecular weight excluding hydrogens is 1990 g/mol. The van der Waals surface area contributed by atoms with E-state index >= 15 is 0 Å². The van der Waals surface area contributed by atoms with E-state index in [-0.39, 0.29) is 98.7 Å². The number of alkyl carbamates (subject to hydrolysis) is 2. The van der Waals surface area contributed by atoms with Gasteiger partial charge in [-0.05, 0) is 263 Å². The van der Waals surface area contributed by atoms with Gasteiger partial charge < -0.3 is 119 Å². The van der Waals surface area contributed by atoms with Crippen LogP contribution >= 0.6 is 15.9 Å². The summed E-state index contributed by atoms with van der Waals surface area (Å²) in [7, 11) is 0. The maximum Gasteiger partial charge on any atom is 1.00 e. The molecule has 786 valence electrons. The molecule has 13 N–H and O–H groups in total. The molecule has 40 nitrogen and oxygen atoms in total. The molecular formula is C108H124BrLiN18O22. The average Bonchev–Trinajstić information content (AvgIpc) is 1.66. The number of nitrogens with one attached hydrogen (secondary N) is 3. The number of amides is 3. The Morgan fingerprint density at radius 3 is 1.02 bits per heavy atom. The van der Waals surface area contributed by atoms with E-state index in [1.165, 1.54) is 6.92 Å². The molecule has 0 aliphatic carbocycles. The van der Waals surface area contributed by atoms with Gasteiger partial charge in [0.2, 0.25) is 29.4 Å². The van der Waals surface area contributed by atoms with Crippen LogP contribution in [0, 0.1) is 57.3 Å². The van der Waals surface area contributed by atoms with Crippen molar-refractivity contribution < 1.29 is 125 Å². The molecule has 15 rings (SSSR count). The molecule has 0 fully saturated rings. The third-order valence-corrected chi connectivity index (χ3v) is 20.4. The fraction of sp³-hybridized carbons (Fsp3) is 0.296. The van der Waals surface area contributed by atoms with E-state index in [4.69, 9.17) is 84.9 Å². The number of halogens is 1. The number of aromatic nitrogens is 10. The van der Waals surface area contributed by atoms with Gasteiger partial charge in [-0.1, -0.05) is 46.3 Å². The van der Waals surface area contributed by atoms with Crippen LogP contribution in [0.3, 0.4) is 0 Å². The molecule has 0 saturated heterocycles. The van der Waals surface area contributed by atoms with Crippen molar-refractivity contribution in [2.24, 2.45) is 22.2 Å². The molecule has 3 amide bonds. The summed E-state index contributed by atoms with van der Waals surface area (Å²) in [6, 6.07) is 59.5. The summed E-state index contributed by atoms with van der Waals surface area (Å²) in [4.78, 5) is 119. The van der Waals surface area contributed by atoms with E-state index in [2.05, 4.69) is 73.6 Å². The first-order chi connectivity index (χ1) is 69.8. The van der Waals surface area contributed by atoms with Crippen molar-refractivity contribution >= 4 is 124 Å². The second kappa shape index (κ2) is 58.0. The monoisotopic (exact) mass is 2110 g/mol. The van der Waals surface area contributed by atoms with Gasteiger partial charge in [0.1, 0.15) is 77.5 Å². The summed E-state index contributed by atoms with van der Waals surface area (Å²) >= 11 is 2.96. The van der Waals surface area contributed by atoms with Gasteiger partial charge in [-0.15, -0.1) is 4.99 Å². The number of alkyl halides is 1. The van der Waals surface area contributed by atoms with Crippen LogP contribution in [0.2, 0.25) is 0 Å². The molecule has 0 radical (unpaired) electrons. The van der Waals surface area contributed by atoms with Gasteiger partial charge in [0.15, 0.2) is 5.96 Å². The van der Waals surface area contributed by atoms with E-state index in [1.54, 1.807) is 122 Å². The van der Waals surface area contributed by atoms with Crippen LogP contribution < -0.4 is 70.4 Å². The summed E-state index contributed by atoms with van der Waals surface area (Å²) in [5.41, 5.74) is 25.8. The third-order valence-electron chi connectivity index (χ3n) is 19.6. The number of Topliss-reactive ketones (excluding diaryl/α,β-unsaturated/α-hetero) is 1. The molecule has 0 aliphatic rings. The number of carbonyl (C=O) groups is 8. The number of ketones is 1. The van der Waals surface area contributed by atoms with Gasteiger partial charge in [-0.25, -0.2) is 39.3 Å². The number of hydrogen-bond acceptors (Lipinski definition) is 28. The van der Waals surface area contributed by atoms with E-state index in [0.717, 1.165) is 99.7 Å². The number of carboxylic acid groups (broad SMARTS) is 1. The van der Waals surface area contributed by atoms with Crippen LogP contribution in [0.25, 0.3) is 54.5 Å². The number of hydrogen-bond donors (Lipinski definition) is 7. The van der Waals surface area contributed by atoms with Crippen LogP contribution in [0.5, 0.6) is 58.1 Å². The first-order valence-electron chi connectivity index (χ1n) is 46.5. The number of fused-ring (bicyclic) bond motifs is 5. The second-order valence-corrected chi connectivity index (χ2v) is 36.1. The Bertz CT molecular complexity index is 7280. The molecule has 0 aliphatic heterocycles. The SMILES string of the molecule is CC(=O)CBr.CC(C)(C)OC(=O)N=C(N)N.CCOC(=O)Cn1ccc2c(Oc3cc(C#N)cc(C)n3)cccc21.CCOC(=O)Cn1ccc2c(Oc3cc(CN)cc(C)n3)cccc21.CCOC(=O)Cn1ccc2c(Oc3cc(CNC(=O)OC(C)(C)C)cc(C)n3)cccc21.Cc1cc(C#N)cc(Oc2cccc3[nH]ccc23)n1.Cc1cc(CNC(=O)OC(C)(C)C)cc(Oc2cccc3c2ccn3CC(=O)O)n1.O.[Li+].[OH-]. The number of nitrogens with zero attached hydrogens (tertiary/aromatic N) is 12. The average molecular weight is 2110 g/mol. The van der Waals surface area contributed by atoms with Gasteiger partial charge in [0, 0.05) is 142 Å². The quantitative estimate of drug-likeness (QED) is 0.00628. The van der Waals surface area contributed by atoms with Crippen molar-refractivity contribution in [3.05, 3.63) is 269 Å². The van der Waals surface area contributed by atoms with Crippen molar-refractivity contribution in [1.29, 1.82) is 10.5 Å². The fourth-order valence-corrected chi connectivity index (χ4v) is 14.1. The minimum Gasteiger partial charge on any atom is -0.870 e. The summed E-state index contributed by atoms with van der Waals surface area (Å²) in [6.45, 7) is 34.6. The van der Waals surface area contributed by atoms with Gasteiger partial charge in [0.25, 0.3) is 0 Å². The van der Waals surface area contributed by atoms with Crippen LogP contribution in [0.15, 0.2) is 218 Å². The third kappa shape index (κ3) is 39.6. The van der Waals surface area contributed by atoms with Gasteiger partial charge in [-0.3, -0.25) is 24.0 Å². The number of esters is 3. The number of nitrogens with two attached hydrogens (primary N) is 3. The van der Waals surface area contributed by atoms with Gasteiger partial charge in [-0.2, -0.15) is 10.5 Å². The van der Waals surface area contributed by atoms with Crippen molar-refractivity contribution in [2.45, 2.75) is 187 Å². The number of pyridine rings is 5. The van der Waals surface area contributed by atoms with Crippen LogP contribution in [0.4, 0.5) is 14.4 Å². The zero-order chi connectivity index (χ0) is 107. The number of aromatic amines is 1. The Morgan fingerprint density at radius 2 is 0.727 bits per heavy atom. The van der Waals surface area contributed by atoms with Crippen molar-refractivity contribution in [2.75, 3.05) is 25.2 Å². The number of benzene rings is 5. The maximum atomic E-state index is 11.9. The van der Waals surface area contributed by atoms with Crippen LogP contribution in [0.1, 0.15) is 146 Å². The van der Waals surface area contributed by atoms with Gasteiger partial charge in [0.05, 0.1) is 70.5 Å². The Labute approximate surface area is 887 Å². The summed E-state index contributed by atoms with van der Waals surface area (Å²) in [5, 5.41) is 37.4. The molecule has 0 bridgehead atoms. The Hall–Kier alpha value is -16.7. The Morgan fingerprint density at radius 1 is 0.433 bits per heavy atom. The minimum absolute atomic E-state index is 0. The van der Waals surface area contributed by atoms with E-state index in [0.29, 0.717) is 101 Å². The number of aryl methyl sites for hydroxylation is 5. The second-order valence-electron chi connectivity index (χ2n) is 35.6. The number of guanidine groups is 1. The molecule has 0 saturated carbocycles. The van der Waals surface area contributed by atoms with Crippen molar-refractivity contribution in [3.63, 3.8) is 0 Å². The summed E-state index contributed by atoms with van der Waals surface area (Å²) in [6.07, 6.45) is 7.33. The largest absolute Gasteiger partial charge is 1.00 e. The van der Waals surface area contributed by atoms with Crippen molar-refractivity contribution in [1.82, 2.24) is 58.8 Å². The number of carboxylic acids is 1. The molecule has 5 aromatic carbocycles. The number of aliphatic carboxylic acids is 1. The summed E-state index contributed by atoms with van der Waals surface area (Å²) in [5.74, 6) is 3.43. The first-order valence-corrected chi connectivity index (χ1v) is 47.6. The molecule has 10 heterocycles. The molecule has 0 atom stereocenters. The Kier molecular flexibility index (Phi) is 47.2. The van der Waals surface area contributed by atoms with E-state index in [1.807, 2.05) is 227 Å². The number of H-pyrrole nitrogens is 1. The number of aliphatic imine (C=N–C) groups is 1. The number of rotatable bonds is 27. The van der Waals surface area contributed by atoms with E-state index < -0.39 is 41.1 Å². The normalized spacial score (nSPS) is 10.5. The van der Waals surface area contributed by atoms with Crippen molar-refractivity contribution in [3.8, 4) is 70.3 Å². The maximum absolute atomic E-state index is 11.9. The molecule has 0 spiro atoms. The Balaban J connectivity index is 0.000000276. The standard InChI is InChI=1S/C24H29N3O5.C22H25N3O5.C19H21N3O3.C19H17N3O3.C15H11N3O.C6H13N3O2.C3H5BrO.Li.2H2O/c1-6-30-22(28)15-27-11-10-18-19(27)8-7-9-20(18)31-21-13-17(12-16(2)26-21)14-25-23(29)32-24(3,4)5;1-14-10-15(12-23-21(28)30-22(2,3)4)11-19(24-14)29-18-7-5-6-17-16(18)8-9-25(17)13-20(26)27;2*1-3-24-19(23)12-22-8-7-15-16(22)5-4-6-17(15)25-18-10-14(11-20)9-13(2)21-18;1-10-7-11(9-16)8-15(18-10)19-14-4-2-3-13-12(14)5-6-17-13;1-6(2,3)11-5(10)9-4(7)8;1-3(5)2-4;;;/h7-13H,6,14-15H2,1-5H3,(H,25,29);5-11H,12-13H2,1-4H3,(H,23,28)(H,26,27);4-10H,3,11-12,20H2,1-2H3;4-10H,3,12H2,1-2H3;2-8,17H,1H3;1-3H3,(H4,7,8,9,10);2H2,1H3;;2*1H2/q;;;;;;;+1;;/p-1. The molecule has 10 aromatic heterocycles.